The van der Waals surface area contributed by atoms with Crippen LogP contribution in [0, 0.1) is 0 Å². The number of hydrogen-bond donors (Lipinski definition) is 3. The van der Waals surface area contributed by atoms with Gasteiger partial charge in [-0.15, -0.1) is 0 Å². The number of aliphatic carboxylic acids is 3. The van der Waals surface area contributed by atoms with Crippen molar-refractivity contribution in [3.8, 4) is 0 Å². The number of pyridine rings is 1. The van der Waals surface area contributed by atoms with Gasteiger partial charge in [-0.1, -0.05) is 6.07 Å². The molecule has 2 aromatic heterocycles. The minimum Gasteiger partial charge on any atom is -0.475 e. The zero-order valence-electron chi connectivity index (χ0n) is 24.9. The first-order chi connectivity index (χ1) is 21.5. The number of nitrogens with zero attached hydrogens (tertiary/aromatic N) is 4. The Balaban J connectivity index is 0.000000430. The SMILES string of the molecule is CN(Cc1cccnc1)C1COC2(CCN(Cc3cccn3C)CC2)C1.O=C(O)C(F)(F)F.O=C(O)C(F)(F)F.O=C(O)C(F)(F)F. The number of aryl methyl sites for hydroxylation is 1. The summed E-state index contributed by atoms with van der Waals surface area (Å²) in [5.74, 6) is -8.27. The monoisotopic (exact) mass is 696 g/mol. The molecule has 0 aliphatic carbocycles. The second-order valence-electron chi connectivity index (χ2n) is 10.4. The number of aromatic nitrogens is 2. The fourth-order valence-corrected chi connectivity index (χ4v) is 4.37. The third kappa shape index (κ3) is 15.0. The normalized spacial score (nSPS) is 17.8. The second kappa shape index (κ2) is 17.3. The first-order valence-corrected chi connectivity index (χ1v) is 13.4. The van der Waals surface area contributed by atoms with E-state index in [9.17, 15) is 39.5 Å². The van der Waals surface area contributed by atoms with Crippen molar-refractivity contribution in [2.45, 2.75) is 62.5 Å². The number of hydrogen-bond acceptors (Lipinski definition) is 7. The molecule has 0 aromatic carbocycles. The van der Waals surface area contributed by atoms with E-state index in [0.29, 0.717) is 6.04 Å². The first kappa shape index (κ1) is 41.1. The molecule has 3 N–H and O–H groups in total. The van der Waals surface area contributed by atoms with E-state index in [0.717, 1.165) is 52.0 Å². The molecule has 0 radical (unpaired) electrons. The average Bonchev–Trinajstić information content (AvgIpc) is 3.56. The van der Waals surface area contributed by atoms with Crippen LogP contribution in [0.4, 0.5) is 39.5 Å². The Hall–Kier alpha value is -3.91. The number of piperidine rings is 1. The lowest BCUT2D eigenvalue weighted by molar-refractivity contribution is -0.193. The number of alkyl halides is 9. The Morgan fingerprint density at radius 2 is 1.40 bits per heavy atom. The molecule has 2 aliphatic heterocycles. The van der Waals surface area contributed by atoms with Crippen molar-refractivity contribution in [1.29, 1.82) is 0 Å². The number of halogens is 9. The Bertz CT molecular complexity index is 1220. The van der Waals surface area contributed by atoms with Crippen LogP contribution in [0.2, 0.25) is 0 Å². The highest BCUT2D eigenvalue weighted by Crippen LogP contribution is 2.38. The third-order valence-corrected chi connectivity index (χ3v) is 6.90. The van der Waals surface area contributed by atoms with E-state index in [1.165, 1.54) is 11.3 Å². The number of ether oxygens (including phenoxy) is 1. The number of carboxylic acids is 3. The first-order valence-electron chi connectivity index (χ1n) is 13.4. The van der Waals surface area contributed by atoms with Gasteiger partial charge in [-0.25, -0.2) is 14.4 Å². The highest BCUT2D eigenvalue weighted by Gasteiger charge is 2.44. The van der Waals surface area contributed by atoms with Gasteiger partial charge in [0.2, 0.25) is 0 Å². The molecule has 2 aromatic rings. The molecule has 1 spiro atoms. The summed E-state index contributed by atoms with van der Waals surface area (Å²) in [6.07, 6.45) is -5.88. The lowest BCUT2D eigenvalue weighted by Gasteiger charge is -2.39. The minimum atomic E-state index is -5.08. The summed E-state index contributed by atoms with van der Waals surface area (Å²) in [4.78, 5) is 35.9. The zero-order valence-corrected chi connectivity index (χ0v) is 24.9. The zero-order chi connectivity index (χ0) is 36.2. The summed E-state index contributed by atoms with van der Waals surface area (Å²) in [6, 6.07) is 9.02. The van der Waals surface area contributed by atoms with Crippen LogP contribution in [0.3, 0.4) is 0 Å². The van der Waals surface area contributed by atoms with E-state index in [1.54, 1.807) is 0 Å². The van der Waals surface area contributed by atoms with Gasteiger partial charge in [-0.2, -0.15) is 39.5 Å². The van der Waals surface area contributed by atoms with E-state index in [1.807, 2.05) is 18.5 Å². The Labute approximate surface area is 262 Å². The van der Waals surface area contributed by atoms with Crippen LogP contribution in [0.1, 0.15) is 30.5 Å². The summed E-state index contributed by atoms with van der Waals surface area (Å²) in [5, 5.41) is 21.4. The highest BCUT2D eigenvalue weighted by atomic mass is 19.4. The van der Waals surface area contributed by atoms with Crippen molar-refractivity contribution >= 4 is 17.9 Å². The number of likely N-dealkylation sites (tertiary alicyclic amines) is 1. The van der Waals surface area contributed by atoms with Crippen LogP contribution < -0.4 is 0 Å². The molecule has 2 aliphatic rings. The van der Waals surface area contributed by atoms with Crippen molar-refractivity contribution in [3.63, 3.8) is 0 Å². The molecule has 20 heteroatoms. The summed E-state index contributed by atoms with van der Waals surface area (Å²) in [6.45, 7) is 5.10. The molecule has 4 rings (SSSR count). The molecule has 4 heterocycles. The van der Waals surface area contributed by atoms with Crippen LogP contribution in [0.5, 0.6) is 0 Å². The molecule has 1 unspecified atom stereocenters. The van der Waals surface area contributed by atoms with Crippen LogP contribution in [-0.4, -0.2) is 109 Å². The molecule has 0 amide bonds. The Kier molecular flexibility index (Phi) is 15.1. The van der Waals surface area contributed by atoms with Crippen LogP contribution in [0.15, 0.2) is 42.9 Å². The molecule has 266 valence electrons. The van der Waals surface area contributed by atoms with Crippen LogP contribution in [0.25, 0.3) is 0 Å². The van der Waals surface area contributed by atoms with Crippen LogP contribution in [-0.2, 0) is 39.3 Å². The van der Waals surface area contributed by atoms with E-state index >= 15 is 0 Å². The van der Waals surface area contributed by atoms with E-state index in [2.05, 4.69) is 57.8 Å². The third-order valence-electron chi connectivity index (χ3n) is 6.90. The van der Waals surface area contributed by atoms with Gasteiger partial charge in [-0.05, 0) is 50.1 Å². The van der Waals surface area contributed by atoms with E-state index in [4.69, 9.17) is 34.4 Å². The molecule has 47 heavy (non-hydrogen) atoms. The van der Waals surface area contributed by atoms with Gasteiger partial charge in [0.25, 0.3) is 0 Å². The largest absolute Gasteiger partial charge is 0.490 e. The van der Waals surface area contributed by atoms with Crippen molar-refractivity contribution in [2.24, 2.45) is 7.05 Å². The van der Waals surface area contributed by atoms with Gasteiger partial charge in [0.15, 0.2) is 0 Å². The standard InChI is InChI=1S/C21H30N4O.3C2HF3O2/c1-23-10-4-6-19(23)16-25-11-7-21(8-12-25)13-20(17-26-21)24(2)15-18-5-3-9-22-14-18;3*3-2(4,5)1(6)7/h3-6,9-10,14,20H,7-8,11-13,15-17H2,1-2H3;3*(H,6,7). The van der Waals surface area contributed by atoms with Crippen molar-refractivity contribution in [1.82, 2.24) is 19.4 Å². The Morgan fingerprint density at radius 3 is 1.79 bits per heavy atom. The fourth-order valence-electron chi connectivity index (χ4n) is 4.37. The van der Waals surface area contributed by atoms with Gasteiger partial charge in [0, 0.05) is 63.6 Å². The predicted octanol–water partition coefficient (Wildman–Crippen LogP) is 4.58. The lowest BCUT2D eigenvalue weighted by atomic mass is 9.87. The molecule has 11 nitrogen and oxygen atoms in total. The summed E-state index contributed by atoms with van der Waals surface area (Å²) < 4.78 is 104. The maximum absolute atomic E-state index is 10.6. The van der Waals surface area contributed by atoms with Gasteiger partial charge < -0.3 is 24.6 Å². The summed E-state index contributed by atoms with van der Waals surface area (Å²) in [7, 11) is 4.34. The van der Waals surface area contributed by atoms with Crippen molar-refractivity contribution in [3.05, 3.63) is 54.1 Å². The fraction of sp³-hybridized carbons (Fsp3) is 0.556. The van der Waals surface area contributed by atoms with Gasteiger partial charge >= 0.3 is 36.4 Å². The van der Waals surface area contributed by atoms with Gasteiger partial charge in [0.05, 0.1) is 12.2 Å². The van der Waals surface area contributed by atoms with Gasteiger partial charge in [-0.3, -0.25) is 14.8 Å². The van der Waals surface area contributed by atoms with E-state index in [-0.39, 0.29) is 5.60 Å². The lowest BCUT2D eigenvalue weighted by Crippen LogP contribution is -2.44. The molecule has 2 fully saturated rings. The molecule has 0 bridgehead atoms. The number of rotatable bonds is 5. The maximum atomic E-state index is 10.6. The van der Waals surface area contributed by atoms with E-state index < -0.39 is 36.4 Å². The smallest absolute Gasteiger partial charge is 0.475 e. The van der Waals surface area contributed by atoms with Crippen molar-refractivity contribution < 1.29 is 74.0 Å². The Morgan fingerprint density at radius 1 is 0.915 bits per heavy atom. The highest BCUT2D eigenvalue weighted by molar-refractivity contribution is 5.73. The molecule has 0 saturated carbocycles. The molecular formula is C27H33F9N4O7. The number of carboxylic acid groups (broad SMARTS) is 3. The van der Waals surface area contributed by atoms with Crippen molar-refractivity contribution in [2.75, 3.05) is 26.7 Å². The maximum Gasteiger partial charge on any atom is 0.490 e. The predicted molar refractivity (Wildman–Crippen MR) is 144 cm³/mol. The van der Waals surface area contributed by atoms with Crippen LogP contribution >= 0.6 is 0 Å². The summed E-state index contributed by atoms with van der Waals surface area (Å²) >= 11 is 0. The van der Waals surface area contributed by atoms with Gasteiger partial charge in [0.1, 0.15) is 0 Å². The summed E-state index contributed by atoms with van der Waals surface area (Å²) in [5.41, 5.74) is 2.76. The average molecular weight is 697 g/mol. The number of likely N-dealkylation sites (N-methyl/N-ethyl adjacent to an activating group) is 1. The molecular weight excluding hydrogens is 663 g/mol. The number of carbonyl (C=O) groups is 3. The second-order valence-corrected chi connectivity index (χ2v) is 10.4. The molecule has 1 atom stereocenters. The quantitative estimate of drug-likeness (QED) is 0.380. The molecule has 2 saturated heterocycles. The topological polar surface area (TPSA) is 145 Å². The minimum absolute atomic E-state index is 0.0958.